The van der Waals surface area contributed by atoms with Crippen molar-refractivity contribution in [2.75, 3.05) is 31.1 Å². The Balaban J connectivity index is 1.72. The Kier molecular flexibility index (Phi) is 4.84. The first kappa shape index (κ1) is 18.0. The van der Waals surface area contributed by atoms with Crippen LogP contribution >= 0.6 is 0 Å². The Hall–Kier alpha value is -0.850. The maximum Gasteiger partial charge on any atom is 0.153 e. The second-order valence-corrected chi connectivity index (χ2v) is 10.7. The van der Waals surface area contributed by atoms with Crippen molar-refractivity contribution < 1.29 is 12.8 Å². The second-order valence-electron chi connectivity index (χ2n) is 8.54. The third-order valence-corrected chi connectivity index (χ3v) is 6.91. The highest BCUT2D eigenvalue weighted by atomic mass is 32.2. The molecule has 0 radical (unpaired) electrons. The first-order chi connectivity index (χ1) is 11.1. The summed E-state index contributed by atoms with van der Waals surface area (Å²) in [5.74, 6) is 2.42. The van der Waals surface area contributed by atoms with Gasteiger partial charge in [0, 0.05) is 25.2 Å². The summed E-state index contributed by atoms with van der Waals surface area (Å²) in [6.07, 6.45) is 1.09. The molecule has 3 heterocycles. The number of nitrogens with zero attached hydrogens (tertiary/aromatic N) is 2. The van der Waals surface area contributed by atoms with Crippen LogP contribution in [-0.2, 0) is 16.4 Å². The molecule has 0 N–H and O–H groups in total. The van der Waals surface area contributed by atoms with Gasteiger partial charge < -0.3 is 4.42 Å². The van der Waals surface area contributed by atoms with Crippen LogP contribution in [0.4, 0.5) is 0 Å². The Morgan fingerprint density at radius 1 is 1.12 bits per heavy atom. The Morgan fingerprint density at radius 3 is 2.33 bits per heavy atom. The molecule has 0 aromatic carbocycles. The lowest BCUT2D eigenvalue weighted by Crippen LogP contribution is -2.58. The van der Waals surface area contributed by atoms with Crippen LogP contribution < -0.4 is 0 Å². The summed E-state index contributed by atoms with van der Waals surface area (Å²) in [4.78, 5) is 4.71. The number of piperazine rings is 1. The lowest BCUT2D eigenvalue weighted by atomic mass is 9.91. The van der Waals surface area contributed by atoms with Crippen molar-refractivity contribution >= 4 is 9.84 Å². The standard InChI is InChI=1S/C18H30N2O3S/c1-14-5-6-15(23-14)11-20-10-9-19(8-7-18(2,3)4)16-12-24(21,22)13-17(16)20/h5-6,16-17H,7-13H2,1-4H3/t16-,17+/m0/s1. The predicted molar refractivity (Wildman–Crippen MR) is 95.7 cm³/mol. The number of aryl methyl sites for hydroxylation is 1. The maximum atomic E-state index is 12.3. The number of furan rings is 1. The van der Waals surface area contributed by atoms with Crippen molar-refractivity contribution in [2.45, 2.75) is 52.7 Å². The molecule has 5 nitrogen and oxygen atoms in total. The summed E-state index contributed by atoms with van der Waals surface area (Å²) in [7, 11) is -2.95. The van der Waals surface area contributed by atoms with Crippen molar-refractivity contribution in [3.8, 4) is 0 Å². The molecule has 0 spiro atoms. The molecule has 0 amide bonds. The molecule has 0 aliphatic carbocycles. The number of sulfone groups is 1. The fourth-order valence-electron chi connectivity index (χ4n) is 3.82. The topological polar surface area (TPSA) is 53.8 Å². The summed E-state index contributed by atoms with van der Waals surface area (Å²) < 4.78 is 30.2. The van der Waals surface area contributed by atoms with Crippen molar-refractivity contribution in [1.29, 1.82) is 0 Å². The van der Waals surface area contributed by atoms with Crippen LogP contribution in [0.15, 0.2) is 16.5 Å². The molecular formula is C18H30N2O3S. The van der Waals surface area contributed by atoms with E-state index in [-0.39, 0.29) is 23.3 Å². The van der Waals surface area contributed by atoms with Gasteiger partial charge in [-0.3, -0.25) is 9.80 Å². The normalized spacial score (nSPS) is 28.2. The smallest absolute Gasteiger partial charge is 0.153 e. The molecule has 1 aromatic heterocycles. The van der Waals surface area contributed by atoms with E-state index in [2.05, 4.69) is 30.6 Å². The summed E-state index contributed by atoms with van der Waals surface area (Å²) in [6.45, 7) is 12.2. The maximum absolute atomic E-state index is 12.3. The van der Waals surface area contributed by atoms with E-state index in [1.54, 1.807) is 0 Å². The molecule has 2 atom stereocenters. The third-order valence-electron chi connectivity index (χ3n) is 5.21. The monoisotopic (exact) mass is 354 g/mol. The van der Waals surface area contributed by atoms with Gasteiger partial charge in [-0.1, -0.05) is 20.8 Å². The SMILES string of the molecule is Cc1ccc(CN2CCN(CCC(C)(C)C)[C@H]3CS(=O)(=O)C[C@H]32)o1. The van der Waals surface area contributed by atoms with E-state index >= 15 is 0 Å². The summed E-state index contributed by atoms with van der Waals surface area (Å²) in [5.41, 5.74) is 0.274. The van der Waals surface area contributed by atoms with Crippen LogP contribution in [0.1, 0.15) is 38.7 Å². The van der Waals surface area contributed by atoms with Crippen LogP contribution in [0.25, 0.3) is 0 Å². The van der Waals surface area contributed by atoms with E-state index in [1.807, 2.05) is 19.1 Å². The minimum atomic E-state index is -2.95. The van der Waals surface area contributed by atoms with Crippen molar-refractivity contribution in [2.24, 2.45) is 5.41 Å². The van der Waals surface area contributed by atoms with Gasteiger partial charge in [-0.2, -0.15) is 0 Å². The van der Waals surface area contributed by atoms with Crippen molar-refractivity contribution in [3.05, 3.63) is 23.7 Å². The molecule has 136 valence electrons. The quantitative estimate of drug-likeness (QED) is 0.830. The van der Waals surface area contributed by atoms with E-state index < -0.39 is 9.84 Å². The number of hydrogen-bond acceptors (Lipinski definition) is 5. The molecule has 6 heteroatoms. The Morgan fingerprint density at radius 2 is 1.75 bits per heavy atom. The number of rotatable bonds is 4. The highest BCUT2D eigenvalue weighted by Crippen LogP contribution is 2.30. The van der Waals surface area contributed by atoms with Crippen LogP contribution in [-0.4, -0.2) is 61.4 Å². The Labute approximate surface area is 145 Å². The van der Waals surface area contributed by atoms with Gasteiger partial charge in [-0.25, -0.2) is 8.42 Å². The lowest BCUT2D eigenvalue weighted by molar-refractivity contribution is 0.0307. The van der Waals surface area contributed by atoms with E-state index in [1.165, 1.54) is 0 Å². The molecule has 2 saturated heterocycles. The molecule has 24 heavy (non-hydrogen) atoms. The zero-order chi connectivity index (χ0) is 17.5. The molecule has 0 saturated carbocycles. The highest BCUT2D eigenvalue weighted by Gasteiger charge is 2.46. The average molecular weight is 355 g/mol. The zero-order valence-corrected chi connectivity index (χ0v) is 16.1. The van der Waals surface area contributed by atoms with Gasteiger partial charge in [-0.05, 0) is 37.4 Å². The minimum absolute atomic E-state index is 0.0918. The van der Waals surface area contributed by atoms with E-state index in [4.69, 9.17) is 4.42 Å². The fraction of sp³-hybridized carbons (Fsp3) is 0.778. The molecule has 2 aliphatic rings. The number of hydrogen-bond donors (Lipinski definition) is 0. The molecule has 0 bridgehead atoms. The summed E-state index contributed by atoms with van der Waals surface area (Å²) in [5, 5.41) is 0. The highest BCUT2D eigenvalue weighted by molar-refractivity contribution is 7.91. The number of fused-ring (bicyclic) bond motifs is 1. The van der Waals surface area contributed by atoms with Gasteiger partial charge >= 0.3 is 0 Å². The Bertz CT molecular complexity index is 675. The third kappa shape index (κ3) is 4.21. The minimum Gasteiger partial charge on any atom is -0.465 e. The van der Waals surface area contributed by atoms with Crippen LogP contribution in [0.3, 0.4) is 0 Å². The molecule has 2 aliphatic heterocycles. The van der Waals surface area contributed by atoms with E-state index in [0.717, 1.165) is 37.6 Å². The average Bonchev–Trinajstić information content (AvgIpc) is 2.99. The van der Waals surface area contributed by atoms with E-state index in [9.17, 15) is 8.42 Å². The van der Waals surface area contributed by atoms with Gasteiger partial charge in [0.15, 0.2) is 9.84 Å². The molecule has 1 aromatic rings. The molecular weight excluding hydrogens is 324 g/mol. The molecule has 2 fully saturated rings. The molecule has 3 rings (SSSR count). The molecule has 0 unspecified atom stereocenters. The lowest BCUT2D eigenvalue weighted by Gasteiger charge is -2.44. The zero-order valence-electron chi connectivity index (χ0n) is 15.3. The second kappa shape index (κ2) is 6.46. The fourth-order valence-corrected chi connectivity index (χ4v) is 5.86. The largest absolute Gasteiger partial charge is 0.465 e. The predicted octanol–water partition coefficient (Wildman–Crippen LogP) is 2.31. The van der Waals surface area contributed by atoms with E-state index in [0.29, 0.717) is 12.3 Å². The van der Waals surface area contributed by atoms with Gasteiger partial charge in [-0.15, -0.1) is 0 Å². The van der Waals surface area contributed by atoms with Crippen molar-refractivity contribution in [1.82, 2.24) is 9.80 Å². The van der Waals surface area contributed by atoms with Crippen LogP contribution in [0, 0.1) is 12.3 Å². The van der Waals surface area contributed by atoms with Gasteiger partial charge in [0.1, 0.15) is 11.5 Å². The first-order valence-corrected chi connectivity index (χ1v) is 10.7. The van der Waals surface area contributed by atoms with Crippen LogP contribution in [0.5, 0.6) is 0 Å². The first-order valence-electron chi connectivity index (χ1n) is 8.87. The van der Waals surface area contributed by atoms with Gasteiger partial charge in [0.05, 0.1) is 18.1 Å². The summed E-state index contributed by atoms with van der Waals surface area (Å²) in [6, 6.07) is 4.19. The van der Waals surface area contributed by atoms with Gasteiger partial charge in [0.25, 0.3) is 0 Å². The van der Waals surface area contributed by atoms with Gasteiger partial charge in [0.2, 0.25) is 0 Å². The van der Waals surface area contributed by atoms with Crippen molar-refractivity contribution in [3.63, 3.8) is 0 Å². The summed E-state index contributed by atoms with van der Waals surface area (Å²) >= 11 is 0. The van der Waals surface area contributed by atoms with Crippen LogP contribution in [0.2, 0.25) is 0 Å².